The maximum atomic E-state index is 2.67. The van der Waals surface area contributed by atoms with E-state index in [1.165, 1.54) is 99.7 Å². The highest BCUT2D eigenvalue weighted by Crippen LogP contribution is 2.76. The van der Waals surface area contributed by atoms with E-state index >= 15 is 0 Å². The monoisotopic (exact) mass is 1100 g/mol. The van der Waals surface area contributed by atoms with Crippen molar-refractivity contribution in [1.29, 1.82) is 0 Å². The third-order valence-corrected chi connectivity index (χ3v) is 19.3. The SMILES string of the molecule is CC(C)(C)c1ccc(N(c2ccc(C(C)(C)C)cc2)c2cc3c(c4ccccc24)-c2ccccc2C3(C(C)(C)C)C2(C(C)(C)C)c3ccccc3-c3c2cc(N(c2ccc(C(C)(C)C)cc2)c2ccc(C(C)(C)C)cc2)c2ccccc32)cc1. The Bertz CT molecular complexity index is 3760. The van der Waals surface area contributed by atoms with Gasteiger partial charge in [-0.15, -0.1) is 0 Å². The summed E-state index contributed by atoms with van der Waals surface area (Å²) in [7, 11) is 0. The number of benzene rings is 10. The number of hydrogen-bond acceptors (Lipinski definition) is 2. The van der Waals surface area contributed by atoms with Crippen LogP contribution < -0.4 is 9.80 Å². The van der Waals surface area contributed by atoms with Crippen molar-refractivity contribution in [2.75, 3.05) is 9.80 Å². The second kappa shape index (κ2) is 19.4. The van der Waals surface area contributed by atoms with Crippen LogP contribution >= 0.6 is 0 Å². The van der Waals surface area contributed by atoms with Crippen LogP contribution in [0.3, 0.4) is 0 Å². The van der Waals surface area contributed by atoms with E-state index in [0.717, 1.165) is 22.7 Å². The van der Waals surface area contributed by atoms with Gasteiger partial charge in [0.05, 0.1) is 11.4 Å². The van der Waals surface area contributed by atoms with E-state index in [1.807, 2.05) is 0 Å². The molecule has 2 aliphatic rings. The second-order valence-electron chi connectivity index (χ2n) is 30.7. The average Bonchev–Trinajstić information content (AvgIpc) is 1.45. The summed E-state index contributed by atoms with van der Waals surface area (Å²) in [5.74, 6) is 0. The maximum absolute atomic E-state index is 2.67. The smallest absolute Gasteiger partial charge is 0.0543 e. The van der Waals surface area contributed by atoms with Crippen LogP contribution in [0.1, 0.15) is 169 Å². The highest BCUT2D eigenvalue weighted by Gasteiger charge is 2.71. The lowest BCUT2D eigenvalue weighted by Gasteiger charge is -2.62. The number of anilines is 6. The van der Waals surface area contributed by atoms with Crippen LogP contribution in [0.5, 0.6) is 0 Å². The molecule has 0 radical (unpaired) electrons. The van der Waals surface area contributed by atoms with E-state index in [4.69, 9.17) is 0 Å². The summed E-state index contributed by atoms with van der Waals surface area (Å²) < 4.78 is 0. The lowest BCUT2D eigenvalue weighted by atomic mass is 9.39. The second-order valence-corrected chi connectivity index (χ2v) is 30.7. The molecule has 2 nitrogen and oxygen atoms in total. The van der Waals surface area contributed by atoms with Crippen molar-refractivity contribution >= 4 is 55.7 Å². The molecule has 0 saturated carbocycles. The first-order chi connectivity index (χ1) is 39.5. The van der Waals surface area contributed by atoms with E-state index in [2.05, 4.69) is 341 Å². The molecular formula is C82H88N2. The molecule has 2 unspecified atom stereocenters. The van der Waals surface area contributed by atoms with E-state index in [-0.39, 0.29) is 21.7 Å². The molecule has 0 amide bonds. The normalized spacial score (nSPS) is 17.0. The molecule has 0 bridgehead atoms. The van der Waals surface area contributed by atoms with Crippen molar-refractivity contribution in [2.24, 2.45) is 10.8 Å². The molecule has 2 heteroatoms. The highest BCUT2D eigenvalue weighted by molar-refractivity contribution is 6.13. The fraction of sp³-hybridized carbons (Fsp3) is 0.317. The first kappa shape index (κ1) is 56.8. The Kier molecular flexibility index (Phi) is 13.1. The third-order valence-electron chi connectivity index (χ3n) is 19.3. The predicted molar refractivity (Wildman–Crippen MR) is 363 cm³/mol. The Hall–Kier alpha value is -7.68. The molecule has 84 heavy (non-hydrogen) atoms. The first-order valence-corrected chi connectivity index (χ1v) is 30.8. The molecule has 426 valence electrons. The number of hydrogen-bond donors (Lipinski definition) is 0. The molecule has 10 aromatic carbocycles. The van der Waals surface area contributed by atoms with Crippen molar-refractivity contribution in [1.82, 2.24) is 0 Å². The first-order valence-electron chi connectivity index (χ1n) is 30.8. The van der Waals surface area contributed by atoms with Crippen molar-refractivity contribution in [2.45, 2.75) is 157 Å². The van der Waals surface area contributed by atoms with Gasteiger partial charge in [-0.1, -0.05) is 270 Å². The minimum absolute atomic E-state index is 0.00119. The Labute approximate surface area is 503 Å². The van der Waals surface area contributed by atoms with Crippen LogP contribution in [0.25, 0.3) is 43.8 Å². The van der Waals surface area contributed by atoms with Gasteiger partial charge in [-0.25, -0.2) is 0 Å². The fourth-order valence-electron chi connectivity index (χ4n) is 15.4. The van der Waals surface area contributed by atoms with Crippen LogP contribution in [0.4, 0.5) is 34.1 Å². The van der Waals surface area contributed by atoms with Crippen LogP contribution in [0.15, 0.2) is 206 Å². The summed E-state index contributed by atoms with van der Waals surface area (Å²) in [6, 6.07) is 80.7. The summed E-state index contributed by atoms with van der Waals surface area (Å²) in [4.78, 5) is 5.13. The molecule has 0 spiro atoms. The zero-order valence-electron chi connectivity index (χ0n) is 53.5. The van der Waals surface area contributed by atoms with Crippen molar-refractivity contribution < 1.29 is 0 Å². The van der Waals surface area contributed by atoms with Gasteiger partial charge in [0, 0.05) is 44.4 Å². The summed E-state index contributed by atoms with van der Waals surface area (Å²) in [6.45, 7) is 43.0. The van der Waals surface area contributed by atoms with Crippen molar-refractivity contribution in [3.8, 4) is 22.3 Å². The van der Waals surface area contributed by atoms with Crippen LogP contribution in [0, 0.1) is 10.8 Å². The minimum Gasteiger partial charge on any atom is -0.310 e. The molecule has 2 atom stereocenters. The zero-order valence-corrected chi connectivity index (χ0v) is 53.5. The van der Waals surface area contributed by atoms with Crippen molar-refractivity contribution in [3.05, 3.63) is 251 Å². The lowest BCUT2D eigenvalue weighted by molar-refractivity contribution is 0.0595. The summed E-state index contributed by atoms with van der Waals surface area (Å²) in [5.41, 5.74) is 20.8. The lowest BCUT2D eigenvalue weighted by Crippen LogP contribution is -2.62. The molecule has 10 aromatic rings. The van der Waals surface area contributed by atoms with E-state index < -0.39 is 21.7 Å². The maximum Gasteiger partial charge on any atom is 0.0543 e. The Morgan fingerprint density at radius 1 is 0.250 bits per heavy atom. The molecule has 0 N–H and O–H groups in total. The van der Waals surface area contributed by atoms with Gasteiger partial charge >= 0.3 is 0 Å². The number of rotatable bonds is 7. The standard InChI is InChI=1S/C82H88N2/c1-75(2,3)53-35-43-57(44-36-53)83(58-45-37-54(38-46-58)76(4,5)6)71-51-69-73(63-29-21-19-27-61(63)71)65-31-23-25-33-67(65)81(69,79(13,14)15)82(80(16,17)18)68-34-26-24-32-66(68)74-64-30-22-20-28-62(64)72(52-70(74)82)84(59-47-39-55(40-48-59)77(7,8)9)60-49-41-56(42-50-60)78(10,11)12/h19-52H,1-18H3. The van der Waals surface area contributed by atoms with Crippen LogP contribution in [-0.4, -0.2) is 0 Å². The van der Waals surface area contributed by atoms with Gasteiger partial charge in [-0.3, -0.25) is 0 Å². The van der Waals surface area contributed by atoms with Gasteiger partial charge in [0.2, 0.25) is 0 Å². The van der Waals surface area contributed by atoms with Gasteiger partial charge in [-0.05, 0) is 171 Å². The van der Waals surface area contributed by atoms with Gasteiger partial charge < -0.3 is 9.80 Å². The fourth-order valence-corrected chi connectivity index (χ4v) is 15.4. The number of fused-ring (bicyclic) bond motifs is 10. The minimum atomic E-state index is -0.685. The largest absolute Gasteiger partial charge is 0.310 e. The molecule has 0 aromatic heterocycles. The van der Waals surface area contributed by atoms with E-state index in [0.29, 0.717) is 0 Å². The van der Waals surface area contributed by atoms with Gasteiger partial charge in [0.1, 0.15) is 0 Å². The molecule has 2 aliphatic carbocycles. The highest BCUT2D eigenvalue weighted by atomic mass is 15.2. The Morgan fingerprint density at radius 2 is 0.488 bits per heavy atom. The molecular weight excluding hydrogens is 1010 g/mol. The topological polar surface area (TPSA) is 6.48 Å². The van der Waals surface area contributed by atoms with Gasteiger partial charge in [0.15, 0.2) is 0 Å². The molecule has 12 rings (SSSR count). The molecule has 0 fully saturated rings. The quantitative estimate of drug-likeness (QED) is 0.157. The molecule has 0 heterocycles. The summed E-state index contributed by atoms with van der Waals surface area (Å²) in [6.07, 6.45) is 0. The third kappa shape index (κ3) is 8.62. The summed E-state index contributed by atoms with van der Waals surface area (Å²) in [5, 5.41) is 4.99. The average molecular weight is 1100 g/mol. The van der Waals surface area contributed by atoms with Crippen molar-refractivity contribution in [3.63, 3.8) is 0 Å². The molecule has 0 saturated heterocycles. The summed E-state index contributed by atoms with van der Waals surface area (Å²) >= 11 is 0. The van der Waals surface area contributed by atoms with E-state index in [9.17, 15) is 0 Å². The predicted octanol–water partition coefficient (Wildman–Crippen LogP) is 23.4. The number of nitrogens with zero attached hydrogens (tertiary/aromatic N) is 2. The Balaban J connectivity index is 1.25. The Morgan fingerprint density at radius 3 is 0.738 bits per heavy atom. The zero-order chi connectivity index (χ0) is 59.9. The van der Waals surface area contributed by atoms with Gasteiger partial charge in [0.25, 0.3) is 0 Å². The molecule has 0 aliphatic heterocycles. The van der Waals surface area contributed by atoms with Crippen LogP contribution in [0.2, 0.25) is 0 Å². The van der Waals surface area contributed by atoms with E-state index in [1.54, 1.807) is 0 Å². The van der Waals surface area contributed by atoms with Crippen LogP contribution in [-0.2, 0) is 32.5 Å². The van der Waals surface area contributed by atoms with Gasteiger partial charge in [-0.2, -0.15) is 0 Å².